The number of aromatic amines is 1. The Morgan fingerprint density at radius 2 is 2.08 bits per heavy atom. The van der Waals surface area contributed by atoms with Crippen LogP contribution in [0.3, 0.4) is 0 Å². The number of aromatic nitrogens is 2. The third kappa shape index (κ3) is 3.52. The molecule has 0 bridgehead atoms. The number of piperidine rings is 1. The van der Waals surface area contributed by atoms with Crippen LogP contribution in [-0.2, 0) is 9.53 Å². The molecule has 0 radical (unpaired) electrons. The van der Waals surface area contributed by atoms with Crippen molar-refractivity contribution in [3.05, 3.63) is 34.7 Å². The largest absolute Gasteiger partial charge is 0.383 e. The number of carbonyl (C=O) groups is 1. The van der Waals surface area contributed by atoms with Crippen LogP contribution >= 0.6 is 0 Å². The van der Waals surface area contributed by atoms with Gasteiger partial charge in [0.2, 0.25) is 5.91 Å². The van der Waals surface area contributed by atoms with Gasteiger partial charge in [0, 0.05) is 32.8 Å². The number of likely N-dealkylation sites (tertiary alicyclic amines) is 1. The second-order valence-corrected chi connectivity index (χ2v) is 6.10. The van der Waals surface area contributed by atoms with Crippen LogP contribution < -0.4 is 11.0 Å². The number of para-hydroxylation sites is 2. The number of fused-ring (bicyclic) bond motifs is 1. The van der Waals surface area contributed by atoms with Gasteiger partial charge in [0.25, 0.3) is 0 Å². The van der Waals surface area contributed by atoms with Gasteiger partial charge in [0.05, 0.1) is 24.2 Å². The third-order valence-electron chi connectivity index (χ3n) is 4.57. The molecular weight excluding hydrogens is 308 g/mol. The van der Waals surface area contributed by atoms with Crippen LogP contribution in [0.15, 0.2) is 29.1 Å². The van der Waals surface area contributed by atoms with E-state index in [4.69, 9.17) is 4.74 Å². The van der Waals surface area contributed by atoms with Gasteiger partial charge in [-0.15, -0.1) is 0 Å². The Bertz CT molecular complexity index is 744. The van der Waals surface area contributed by atoms with E-state index in [1.807, 2.05) is 33.7 Å². The summed E-state index contributed by atoms with van der Waals surface area (Å²) in [6.07, 6.45) is 1.59. The number of ether oxygens (including phenoxy) is 1. The first-order chi connectivity index (χ1) is 11.7. The van der Waals surface area contributed by atoms with Gasteiger partial charge in [-0.25, -0.2) is 4.79 Å². The van der Waals surface area contributed by atoms with Crippen molar-refractivity contribution >= 4 is 16.9 Å². The number of H-pyrrole nitrogens is 1. The summed E-state index contributed by atoms with van der Waals surface area (Å²) in [6, 6.07) is 7.87. The molecule has 0 atom stereocenters. The summed E-state index contributed by atoms with van der Waals surface area (Å²) in [5.41, 5.74) is 1.74. The molecule has 24 heavy (non-hydrogen) atoms. The minimum absolute atomic E-state index is 0.0674. The molecule has 0 aliphatic carbocycles. The molecular formula is C17H24N4O3. The van der Waals surface area contributed by atoms with Crippen molar-refractivity contribution in [1.29, 1.82) is 0 Å². The number of methoxy groups -OCH3 is 1. The summed E-state index contributed by atoms with van der Waals surface area (Å²) in [7, 11) is 1.64. The number of carbonyl (C=O) groups excluding carboxylic acids is 1. The van der Waals surface area contributed by atoms with E-state index in [0.717, 1.165) is 23.9 Å². The van der Waals surface area contributed by atoms with Crippen molar-refractivity contribution in [2.45, 2.75) is 18.9 Å². The Morgan fingerprint density at radius 3 is 2.83 bits per heavy atom. The Morgan fingerprint density at radius 1 is 1.33 bits per heavy atom. The molecule has 1 amide bonds. The maximum Gasteiger partial charge on any atom is 0.326 e. The SMILES string of the molecule is COCCNCC(=O)N1CCC(n2c(=O)[nH]c3ccccc32)CC1. The second kappa shape index (κ2) is 7.63. The summed E-state index contributed by atoms with van der Waals surface area (Å²) in [5, 5.41) is 3.08. The number of hydrogen-bond acceptors (Lipinski definition) is 4. The highest BCUT2D eigenvalue weighted by Crippen LogP contribution is 2.24. The normalized spacial score (nSPS) is 16.0. The predicted molar refractivity (Wildman–Crippen MR) is 92.2 cm³/mol. The van der Waals surface area contributed by atoms with Gasteiger partial charge in [-0.3, -0.25) is 9.36 Å². The van der Waals surface area contributed by atoms with Gasteiger partial charge in [-0.2, -0.15) is 0 Å². The van der Waals surface area contributed by atoms with E-state index in [1.165, 1.54) is 0 Å². The van der Waals surface area contributed by atoms with E-state index in [1.54, 1.807) is 7.11 Å². The van der Waals surface area contributed by atoms with Crippen LogP contribution in [0.2, 0.25) is 0 Å². The fourth-order valence-electron chi connectivity index (χ4n) is 3.29. The molecule has 1 aliphatic heterocycles. The molecule has 1 aromatic heterocycles. The zero-order valence-corrected chi connectivity index (χ0v) is 14.0. The van der Waals surface area contributed by atoms with Crippen LogP contribution in [-0.4, -0.2) is 60.3 Å². The molecule has 0 spiro atoms. The molecule has 0 unspecified atom stereocenters. The van der Waals surface area contributed by atoms with Crippen molar-refractivity contribution in [3.63, 3.8) is 0 Å². The van der Waals surface area contributed by atoms with Gasteiger partial charge in [-0.1, -0.05) is 12.1 Å². The first-order valence-electron chi connectivity index (χ1n) is 8.37. The first kappa shape index (κ1) is 16.7. The molecule has 2 N–H and O–H groups in total. The molecule has 1 fully saturated rings. The number of rotatable bonds is 6. The fraction of sp³-hybridized carbons (Fsp3) is 0.529. The molecule has 1 aliphatic rings. The van der Waals surface area contributed by atoms with Gasteiger partial charge < -0.3 is 19.9 Å². The summed E-state index contributed by atoms with van der Waals surface area (Å²) in [6.45, 7) is 2.96. The highest BCUT2D eigenvalue weighted by Gasteiger charge is 2.25. The number of benzene rings is 1. The van der Waals surface area contributed by atoms with E-state index < -0.39 is 0 Å². The second-order valence-electron chi connectivity index (χ2n) is 6.10. The highest BCUT2D eigenvalue weighted by molar-refractivity contribution is 5.78. The van der Waals surface area contributed by atoms with Crippen LogP contribution in [0.5, 0.6) is 0 Å². The smallest absolute Gasteiger partial charge is 0.326 e. The lowest BCUT2D eigenvalue weighted by Crippen LogP contribution is -2.44. The fourth-order valence-corrected chi connectivity index (χ4v) is 3.29. The number of imidazole rings is 1. The topological polar surface area (TPSA) is 79.4 Å². The summed E-state index contributed by atoms with van der Waals surface area (Å²) < 4.78 is 6.79. The molecule has 7 heteroatoms. The molecule has 7 nitrogen and oxygen atoms in total. The lowest BCUT2D eigenvalue weighted by Gasteiger charge is -2.32. The lowest BCUT2D eigenvalue weighted by molar-refractivity contribution is -0.131. The summed E-state index contributed by atoms with van der Waals surface area (Å²) >= 11 is 0. The summed E-state index contributed by atoms with van der Waals surface area (Å²) in [4.78, 5) is 29.2. The quantitative estimate of drug-likeness (QED) is 0.765. The van der Waals surface area contributed by atoms with E-state index in [2.05, 4.69) is 10.3 Å². The zero-order chi connectivity index (χ0) is 16.9. The monoisotopic (exact) mass is 332 g/mol. The zero-order valence-electron chi connectivity index (χ0n) is 14.0. The third-order valence-corrected chi connectivity index (χ3v) is 4.57. The predicted octanol–water partition coefficient (Wildman–Crippen LogP) is 0.729. The lowest BCUT2D eigenvalue weighted by atomic mass is 10.0. The Balaban J connectivity index is 1.59. The number of hydrogen-bond donors (Lipinski definition) is 2. The molecule has 1 saturated heterocycles. The summed E-state index contributed by atoms with van der Waals surface area (Å²) in [5.74, 6) is 0.107. The Hall–Kier alpha value is -2.12. The molecule has 130 valence electrons. The molecule has 2 heterocycles. The highest BCUT2D eigenvalue weighted by atomic mass is 16.5. The van der Waals surface area contributed by atoms with Gasteiger partial charge in [0.1, 0.15) is 0 Å². The number of nitrogens with zero attached hydrogens (tertiary/aromatic N) is 2. The van der Waals surface area contributed by atoms with E-state index in [-0.39, 0.29) is 17.6 Å². The van der Waals surface area contributed by atoms with Crippen LogP contribution in [0.4, 0.5) is 0 Å². The molecule has 2 aromatic rings. The maximum atomic E-state index is 12.3. The minimum Gasteiger partial charge on any atom is -0.383 e. The van der Waals surface area contributed by atoms with Crippen LogP contribution in [0, 0.1) is 0 Å². The van der Waals surface area contributed by atoms with Crippen molar-refractivity contribution in [2.75, 3.05) is 39.9 Å². The average Bonchev–Trinajstić information content (AvgIpc) is 2.94. The Kier molecular flexibility index (Phi) is 5.32. The van der Waals surface area contributed by atoms with E-state index in [0.29, 0.717) is 32.8 Å². The van der Waals surface area contributed by atoms with Crippen LogP contribution in [0.25, 0.3) is 11.0 Å². The van der Waals surface area contributed by atoms with Gasteiger partial charge in [-0.05, 0) is 25.0 Å². The van der Waals surface area contributed by atoms with Gasteiger partial charge >= 0.3 is 5.69 Å². The first-order valence-corrected chi connectivity index (χ1v) is 8.37. The molecule has 1 aromatic carbocycles. The standard InChI is InChI=1S/C17H24N4O3/c1-24-11-8-18-12-16(22)20-9-6-13(7-10-20)21-15-5-3-2-4-14(15)19-17(21)23/h2-5,13,18H,6-12H2,1H3,(H,19,23). The minimum atomic E-state index is -0.0674. The van der Waals surface area contributed by atoms with E-state index in [9.17, 15) is 9.59 Å². The van der Waals surface area contributed by atoms with Crippen molar-refractivity contribution in [3.8, 4) is 0 Å². The van der Waals surface area contributed by atoms with Crippen molar-refractivity contribution in [2.24, 2.45) is 0 Å². The molecule has 0 saturated carbocycles. The van der Waals surface area contributed by atoms with Crippen molar-refractivity contribution < 1.29 is 9.53 Å². The van der Waals surface area contributed by atoms with Crippen LogP contribution in [0.1, 0.15) is 18.9 Å². The maximum absolute atomic E-state index is 12.3. The van der Waals surface area contributed by atoms with Gasteiger partial charge in [0.15, 0.2) is 0 Å². The average molecular weight is 332 g/mol. The number of nitrogens with one attached hydrogen (secondary N) is 2. The number of amides is 1. The Labute approximate surface area is 140 Å². The molecule has 3 rings (SSSR count). The van der Waals surface area contributed by atoms with Crippen molar-refractivity contribution in [1.82, 2.24) is 19.8 Å². The van der Waals surface area contributed by atoms with E-state index >= 15 is 0 Å².